The molecule has 1 unspecified atom stereocenters. The molecule has 0 spiro atoms. The number of unbranched alkanes of at least 4 members (excludes halogenated alkanes) is 22. The number of nitrogens with one attached hydrogen (secondary N) is 1. The van der Waals surface area contributed by atoms with Crippen LogP contribution in [0.15, 0.2) is 12.2 Å². The number of carbonyl (C=O) groups is 1. The van der Waals surface area contributed by atoms with Crippen molar-refractivity contribution >= 4 is 5.91 Å². The van der Waals surface area contributed by atoms with Gasteiger partial charge in [-0.15, -0.1) is 0 Å². The van der Waals surface area contributed by atoms with Crippen molar-refractivity contribution < 1.29 is 25.2 Å². The van der Waals surface area contributed by atoms with Crippen molar-refractivity contribution in [2.75, 3.05) is 6.61 Å². The van der Waals surface area contributed by atoms with E-state index in [0.717, 1.165) is 32.1 Å². The van der Waals surface area contributed by atoms with Crippen molar-refractivity contribution in [2.24, 2.45) is 0 Å². The predicted molar refractivity (Wildman–Crippen MR) is 178 cm³/mol. The summed E-state index contributed by atoms with van der Waals surface area (Å²) in [4.78, 5) is 12.4. The van der Waals surface area contributed by atoms with E-state index in [1.807, 2.05) is 0 Å². The molecule has 6 nitrogen and oxygen atoms in total. The van der Waals surface area contributed by atoms with Crippen LogP contribution in [0, 0.1) is 0 Å². The zero-order chi connectivity index (χ0) is 31.1. The first-order valence-electron chi connectivity index (χ1n) is 18.1. The van der Waals surface area contributed by atoms with E-state index in [4.69, 9.17) is 0 Å². The first-order chi connectivity index (χ1) is 20.5. The van der Waals surface area contributed by atoms with Gasteiger partial charge in [-0.3, -0.25) is 4.79 Å². The van der Waals surface area contributed by atoms with Crippen LogP contribution < -0.4 is 5.32 Å². The second kappa shape index (κ2) is 31.5. The molecule has 1 amide bonds. The van der Waals surface area contributed by atoms with Gasteiger partial charge in [0, 0.05) is 0 Å². The summed E-state index contributed by atoms with van der Waals surface area (Å²) in [6.45, 7) is 4.05. The molecule has 0 aromatic rings. The lowest BCUT2D eigenvalue weighted by Crippen LogP contribution is -2.48. The lowest BCUT2D eigenvalue weighted by molar-refractivity contribution is -0.131. The maximum Gasteiger partial charge on any atom is 0.249 e. The Balaban J connectivity index is 3.87. The molecule has 5 N–H and O–H groups in total. The zero-order valence-corrected chi connectivity index (χ0v) is 27.8. The first kappa shape index (κ1) is 41.0. The van der Waals surface area contributed by atoms with Crippen LogP contribution in [0.5, 0.6) is 0 Å². The van der Waals surface area contributed by atoms with Gasteiger partial charge in [0.15, 0.2) is 0 Å². The van der Waals surface area contributed by atoms with Crippen molar-refractivity contribution in [3.8, 4) is 0 Å². The van der Waals surface area contributed by atoms with E-state index in [1.165, 1.54) is 134 Å². The molecule has 0 rings (SSSR count). The molecule has 0 fully saturated rings. The van der Waals surface area contributed by atoms with Gasteiger partial charge in [-0.2, -0.15) is 0 Å². The minimum atomic E-state index is -1.14. The third-order valence-corrected chi connectivity index (χ3v) is 8.45. The maximum atomic E-state index is 12.4. The van der Waals surface area contributed by atoms with E-state index in [1.54, 1.807) is 0 Å². The number of aliphatic hydroxyl groups excluding tert-OH is 4. The van der Waals surface area contributed by atoms with Crippen molar-refractivity contribution in [2.45, 2.75) is 205 Å². The van der Waals surface area contributed by atoms with Gasteiger partial charge < -0.3 is 25.7 Å². The number of amides is 1. The molecule has 0 saturated carbocycles. The second-order valence-electron chi connectivity index (χ2n) is 12.6. The molecular formula is C36H71NO5. The molecule has 0 aliphatic carbocycles. The highest BCUT2D eigenvalue weighted by molar-refractivity contribution is 5.80. The van der Waals surface area contributed by atoms with Crippen molar-refractivity contribution in [3.63, 3.8) is 0 Å². The average Bonchev–Trinajstić information content (AvgIpc) is 2.99. The van der Waals surface area contributed by atoms with Crippen LogP contribution >= 0.6 is 0 Å². The highest BCUT2D eigenvalue weighted by atomic mass is 16.3. The molecule has 0 aromatic heterocycles. The van der Waals surface area contributed by atoms with E-state index in [2.05, 4.69) is 19.2 Å². The summed E-state index contributed by atoms with van der Waals surface area (Å²) in [6.07, 6.45) is 31.0. The third-order valence-electron chi connectivity index (χ3n) is 8.45. The van der Waals surface area contributed by atoms with Crippen LogP contribution in [0.25, 0.3) is 0 Å². The second-order valence-corrected chi connectivity index (χ2v) is 12.6. The Kier molecular flexibility index (Phi) is 30.8. The largest absolute Gasteiger partial charge is 0.394 e. The van der Waals surface area contributed by atoms with Gasteiger partial charge in [-0.25, -0.2) is 0 Å². The Morgan fingerprint density at radius 3 is 1.29 bits per heavy atom. The van der Waals surface area contributed by atoms with Crippen molar-refractivity contribution in [1.82, 2.24) is 5.32 Å². The summed E-state index contributed by atoms with van der Waals surface area (Å²) < 4.78 is 0. The van der Waals surface area contributed by atoms with E-state index in [9.17, 15) is 25.2 Å². The zero-order valence-electron chi connectivity index (χ0n) is 27.8. The lowest BCUT2D eigenvalue weighted by Gasteiger charge is -2.22. The summed E-state index contributed by atoms with van der Waals surface area (Å²) in [5.74, 6) is -0.567. The Hall–Kier alpha value is -0.950. The number of hydrogen-bond donors (Lipinski definition) is 5. The Morgan fingerprint density at radius 2 is 0.905 bits per heavy atom. The lowest BCUT2D eigenvalue weighted by atomic mass is 10.0. The number of hydrogen-bond acceptors (Lipinski definition) is 5. The van der Waals surface area contributed by atoms with Gasteiger partial charge in [0.25, 0.3) is 0 Å². The molecule has 42 heavy (non-hydrogen) atoms. The molecule has 0 saturated heterocycles. The molecule has 4 atom stereocenters. The monoisotopic (exact) mass is 598 g/mol. The van der Waals surface area contributed by atoms with Gasteiger partial charge in [0.1, 0.15) is 6.10 Å². The average molecular weight is 598 g/mol. The maximum absolute atomic E-state index is 12.4. The molecule has 0 aliphatic rings. The van der Waals surface area contributed by atoms with Crippen LogP contribution in [0.1, 0.15) is 181 Å². The van der Waals surface area contributed by atoms with Gasteiger partial charge in [-0.05, 0) is 12.8 Å². The quantitative estimate of drug-likeness (QED) is 0.0396. The van der Waals surface area contributed by atoms with E-state index in [0.29, 0.717) is 12.8 Å². The first-order valence-corrected chi connectivity index (χ1v) is 18.1. The molecule has 0 radical (unpaired) electrons. The van der Waals surface area contributed by atoms with E-state index in [-0.39, 0.29) is 0 Å². The molecule has 0 aromatic carbocycles. The highest BCUT2D eigenvalue weighted by Crippen LogP contribution is 2.15. The topological polar surface area (TPSA) is 110 Å². The van der Waals surface area contributed by atoms with Gasteiger partial charge >= 0.3 is 0 Å². The Labute approximate surface area is 260 Å². The fourth-order valence-corrected chi connectivity index (χ4v) is 5.49. The predicted octanol–water partition coefficient (Wildman–Crippen LogP) is 8.28. The minimum absolute atomic E-state index is 0.380. The van der Waals surface area contributed by atoms with Gasteiger partial charge in [-0.1, -0.05) is 180 Å². The van der Waals surface area contributed by atoms with E-state index < -0.39 is 36.9 Å². The summed E-state index contributed by atoms with van der Waals surface area (Å²) in [5.41, 5.74) is 0. The van der Waals surface area contributed by atoms with Crippen LogP contribution in [0.4, 0.5) is 0 Å². The number of carbonyl (C=O) groups excluding carboxylic acids is 1. The fourth-order valence-electron chi connectivity index (χ4n) is 5.49. The van der Waals surface area contributed by atoms with Crippen LogP contribution in [-0.4, -0.2) is 57.3 Å². The standard InChI is InChI=1S/C36H71NO5/c1-3-5-7-9-11-13-15-16-17-18-20-22-24-26-28-35(41)36(42)37-33(31-38)34(40)30-29-32(39)27-25-23-21-19-14-12-10-8-6-4-2/h29-30,32-35,38-41H,3-28,31H2,1-2H3,(H,37,42)/b30-29+/t32-,33+,34-,35?/m1/s1. The Bertz CT molecular complexity index is 599. The normalized spacial score (nSPS) is 14.7. The smallest absolute Gasteiger partial charge is 0.249 e. The van der Waals surface area contributed by atoms with Gasteiger partial charge in [0.05, 0.1) is 24.9 Å². The molecule has 0 bridgehead atoms. The fraction of sp³-hybridized carbons (Fsp3) is 0.917. The van der Waals surface area contributed by atoms with Crippen LogP contribution in [-0.2, 0) is 4.79 Å². The molecule has 250 valence electrons. The van der Waals surface area contributed by atoms with Crippen LogP contribution in [0.2, 0.25) is 0 Å². The highest BCUT2D eigenvalue weighted by Gasteiger charge is 2.22. The summed E-state index contributed by atoms with van der Waals surface area (Å²) in [7, 11) is 0. The van der Waals surface area contributed by atoms with Crippen molar-refractivity contribution in [3.05, 3.63) is 12.2 Å². The molecule has 0 aliphatic heterocycles. The molecular weight excluding hydrogens is 526 g/mol. The Morgan fingerprint density at radius 1 is 0.548 bits per heavy atom. The van der Waals surface area contributed by atoms with E-state index >= 15 is 0 Å². The summed E-state index contributed by atoms with van der Waals surface area (Å²) >= 11 is 0. The molecule has 6 heteroatoms. The molecule has 0 heterocycles. The third kappa shape index (κ3) is 26.7. The summed E-state index contributed by atoms with van der Waals surface area (Å²) in [6, 6.07) is -0.913. The number of aliphatic hydroxyl groups is 4. The van der Waals surface area contributed by atoms with Crippen molar-refractivity contribution in [1.29, 1.82) is 0 Å². The minimum Gasteiger partial charge on any atom is -0.394 e. The van der Waals surface area contributed by atoms with Crippen LogP contribution in [0.3, 0.4) is 0 Å². The van der Waals surface area contributed by atoms with Gasteiger partial charge in [0.2, 0.25) is 5.91 Å². The SMILES string of the molecule is CCCCCCCCCCCCCCCCC(O)C(=O)N[C@@H](CO)[C@H](O)/C=C/[C@H](O)CCCCCCCCCCCC. The number of rotatable bonds is 32. The summed E-state index contributed by atoms with van der Waals surface area (Å²) in [5, 5.41) is 43.1.